The Hall–Kier alpha value is -0.220. The molecule has 0 unspecified atom stereocenters. The third-order valence-electron chi connectivity index (χ3n) is 5.24. The molecule has 0 aromatic heterocycles. The molecule has 1 aromatic carbocycles. The summed E-state index contributed by atoms with van der Waals surface area (Å²) in [5.41, 5.74) is 2.08. The van der Waals surface area contributed by atoms with Gasteiger partial charge in [-0.25, -0.2) is 0 Å². The van der Waals surface area contributed by atoms with Crippen LogP contribution in [0.4, 0.5) is 0 Å². The van der Waals surface area contributed by atoms with Gasteiger partial charge in [-0.3, -0.25) is 0 Å². The van der Waals surface area contributed by atoms with E-state index >= 15 is 0 Å². The van der Waals surface area contributed by atoms with Gasteiger partial charge in [0, 0.05) is 41.7 Å². The van der Waals surface area contributed by atoms with Crippen LogP contribution in [0.15, 0.2) is 24.3 Å². The monoisotopic (exact) mass is 367 g/mol. The van der Waals surface area contributed by atoms with Gasteiger partial charge in [0.25, 0.3) is 0 Å². The maximum absolute atomic E-state index is 6.00. The molecule has 134 valence electrons. The van der Waals surface area contributed by atoms with E-state index in [1.165, 1.54) is 68.8 Å². The molecule has 0 aliphatic carbocycles. The van der Waals surface area contributed by atoms with Crippen LogP contribution in [0.25, 0.3) is 0 Å². The predicted molar refractivity (Wildman–Crippen MR) is 105 cm³/mol. The number of likely N-dealkylation sites (tertiary alicyclic amines) is 1. The average Bonchev–Trinajstić information content (AvgIpc) is 3.02. The molecule has 4 heteroatoms. The summed E-state index contributed by atoms with van der Waals surface area (Å²) in [6, 6.07) is 8.27. The summed E-state index contributed by atoms with van der Waals surface area (Å²) >= 11 is 8.12. The Balaban J connectivity index is 0.000000238. The van der Waals surface area contributed by atoms with Gasteiger partial charge in [0.2, 0.25) is 0 Å². The highest BCUT2D eigenvalue weighted by Gasteiger charge is 2.43. The van der Waals surface area contributed by atoms with Crippen LogP contribution in [0.3, 0.4) is 0 Å². The zero-order chi connectivity index (χ0) is 16.7. The molecule has 3 saturated heterocycles. The maximum Gasteiger partial charge on any atom is 0.0466 e. The summed E-state index contributed by atoms with van der Waals surface area (Å²) in [6.07, 6.45) is 7.76. The number of benzene rings is 1. The fraction of sp³-hybridized carbons (Fsp3) is 0.700. The van der Waals surface area contributed by atoms with E-state index in [2.05, 4.69) is 28.8 Å². The van der Waals surface area contributed by atoms with Crippen molar-refractivity contribution in [2.75, 3.05) is 44.4 Å². The standard InChI is InChI=1S/C15H20ClNS.C5H10O/c16-14-5-1-3-13(9-14)4-2-7-17-8-6-15(10-17)11-18-12-15;1-2-4-6-5-3-1/h1,3,5,9H,2,4,6-8,10-12H2;1-5H2. The van der Waals surface area contributed by atoms with Gasteiger partial charge in [-0.2, -0.15) is 11.8 Å². The van der Waals surface area contributed by atoms with Crippen LogP contribution in [0.5, 0.6) is 0 Å². The highest BCUT2D eigenvalue weighted by atomic mass is 35.5. The van der Waals surface area contributed by atoms with Crippen LogP contribution < -0.4 is 0 Å². The lowest BCUT2D eigenvalue weighted by Crippen LogP contribution is -2.38. The first-order chi connectivity index (χ1) is 11.8. The molecule has 0 N–H and O–H groups in total. The highest BCUT2D eigenvalue weighted by Crippen LogP contribution is 2.45. The van der Waals surface area contributed by atoms with E-state index in [0.717, 1.165) is 24.7 Å². The van der Waals surface area contributed by atoms with Crippen molar-refractivity contribution < 1.29 is 4.74 Å². The Bertz CT molecular complexity index is 491. The molecule has 1 aromatic rings. The van der Waals surface area contributed by atoms with Crippen molar-refractivity contribution in [3.8, 4) is 0 Å². The van der Waals surface area contributed by atoms with E-state index in [-0.39, 0.29) is 0 Å². The zero-order valence-electron chi connectivity index (χ0n) is 14.6. The normalized spacial score (nSPS) is 22.7. The Kier molecular flexibility index (Phi) is 7.33. The molecule has 4 rings (SSSR count). The predicted octanol–water partition coefficient (Wildman–Crippen LogP) is 4.90. The Labute approximate surface area is 156 Å². The first-order valence-corrected chi connectivity index (χ1v) is 10.9. The third kappa shape index (κ3) is 5.66. The van der Waals surface area contributed by atoms with Gasteiger partial charge >= 0.3 is 0 Å². The van der Waals surface area contributed by atoms with E-state index in [1.807, 2.05) is 12.1 Å². The summed E-state index contributed by atoms with van der Waals surface area (Å²) in [4.78, 5) is 2.66. The fourth-order valence-corrected chi connectivity index (χ4v) is 5.20. The van der Waals surface area contributed by atoms with E-state index in [0.29, 0.717) is 5.41 Å². The highest BCUT2D eigenvalue weighted by molar-refractivity contribution is 8.00. The lowest BCUT2D eigenvalue weighted by Gasteiger charge is -2.37. The second-order valence-corrected chi connectivity index (χ2v) is 8.85. The number of nitrogens with zero attached hydrogens (tertiary/aromatic N) is 1. The first kappa shape index (κ1) is 18.6. The number of halogens is 1. The number of thioether (sulfide) groups is 1. The van der Waals surface area contributed by atoms with Crippen LogP contribution in [-0.2, 0) is 11.2 Å². The Morgan fingerprint density at radius 2 is 2.00 bits per heavy atom. The Morgan fingerprint density at radius 3 is 2.54 bits per heavy atom. The summed E-state index contributed by atoms with van der Waals surface area (Å²) in [6.45, 7) is 5.91. The van der Waals surface area contributed by atoms with E-state index in [4.69, 9.17) is 16.3 Å². The first-order valence-electron chi connectivity index (χ1n) is 9.38. The van der Waals surface area contributed by atoms with Crippen molar-refractivity contribution in [1.82, 2.24) is 4.90 Å². The molecule has 0 saturated carbocycles. The Morgan fingerprint density at radius 1 is 1.17 bits per heavy atom. The second-order valence-electron chi connectivity index (χ2n) is 7.43. The van der Waals surface area contributed by atoms with Gasteiger partial charge in [-0.05, 0) is 69.3 Å². The zero-order valence-corrected chi connectivity index (χ0v) is 16.2. The summed E-state index contributed by atoms with van der Waals surface area (Å²) in [7, 11) is 0. The topological polar surface area (TPSA) is 12.5 Å². The van der Waals surface area contributed by atoms with Gasteiger partial charge in [-0.1, -0.05) is 23.7 Å². The second kappa shape index (κ2) is 9.47. The smallest absolute Gasteiger partial charge is 0.0466 e. The summed E-state index contributed by atoms with van der Waals surface area (Å²) in [5.74, 6) is 2.80. The summed E-state index contributed by atoms with van der Waals surface area (Å²) < 4.78 is 5.07. The number of aryl methyl sites for hydroxylation is 1. The molecular weight excluding hydrogens is 338 g/mol. The molecule has 3 aliphatic heterocycles. The van der Waals surface area contributed by atoms with Crippen molar-refractivity contribution in [2.45, 2.75) is 38.5 Å². The van der Waals surface area contributed by atoms with Crippen molar-refractivity contribution >= 4 is 23.4 Å². The number of hydrogen-bond donors (Lipinski definition) is 0. The molecule has 0 bridgehead atoms. The van der Waals surface area contributed by atoms with Crippen LogP contribution in [0.2, 0.25) is 5.02 Å². The third-order valence-corrected chi connectivity index (χ3v) is 7.11. The fourth-order valence-electron chi connectivity index (χ4n) is 3.73. The SMILES string of the molecule is C1CCOCC1.Clc1cccc(CCCN2CCC3(CSC3)C2)c1. The van der Waals surface area contributed by atoms with Crippen molar-refractivity contribution in [2.24, 2.45) is 5.41 Å². The minimum Gasteiger partial charge on any atom is -0.381 e. The van der Waals surface area contributed by atoms with Crippen molar-refractivity contribution in [3.63, 3.8) is 0 Å². The quantitative estimate of drug-likeness (QED) is 0.751. The largest absolute Gasteiger partial charge is 0.381 e. The number of ether oxygens (including phenoxy) is 1. The average molecular weight is 368 g/mol. The van der Waals surface area contributed by atoms with Gasteiger partial charge < -0.3 is 9.64 Å². The maximum atomic E-state index is 6.00. The van der Waals surface area contributed by atoms with Crippen molar-refractivity contribution in [3.05, 3.63) is 34.9 Å². The molecule has 0 radical (unpaired) electrons. The van der Waals surface area contributed by atoms with Gasteiger partial charge in [0.05, 0.1) is 0 Å². The number of rotatable bonds is 4. The minimum absolute atomic E-state index is 0.709. The molecule has 3 aliphatic rings. The van der Waals surface area contributed by atoms with E-state index < -0.39 is 0 Å². The lowest BCUT2D eigenvalue weighted by atomic mass is 9.91. The van der Waals surface area contributed by atoms with Crippen LogP contribution in [0, 0.1) is 5.41 Å². The summed E-state index contributed by atoms with van der Waals surface area (Å²) in [5, 5.41) is 0.860. The van der Waals surface area contributed by atoms with Gasteiger partial charge in [0.1, 0.15) is 0 Å². The van der Waals surface area contributed by atoms with Gasteiger partial charge in [-0.15, -0.1) is 0 Å². The van der Waals surface area contributed by atoms with Gasteiger partial charge in [0.15, 0.2) is 0 Å². The van der Waals surface area contributed by atoms with Crippen LogP contribution in [-0.4, -0.2) is 49.3 Å². The molecule has 1 spiro atoms. The molecule has 0 amide bonds. The molecule has 3 fully saturated rings. The molecule has 3 heterocycles. The molecular formula is C20H30ClNOS. The molecule has 2 nitrogen and oxygen atoms in total. The van der Waals surface area contributed by atoms with Crippen molar-refractivity contribution in [1.29, 1.82) is 0 Å². The van der Waals surface area contributed by atoms with Crippen LogP contribution >= 0.6 is 23.4 Å². The van der Waals surface area contributed by atoms with E-state index in [1.54, 1.807) is 0 Å². The van der Waals surface area contributed by atoms with Crippen LogP contribution in [0.1, 0.15) is 37.7 Å². The molecule has 0 atom stereocenters. The minimum atomic E-state index is 0.709. The lowest BCUT2D eigenvalue weighted by molar-refractivity contribution is 0.0968. The molecule has 24 heavy (non-hydrogen) atoms. The number of hydrogen-bond acceptors (Lipinski definition) is 3. The van der Waals surface area contributed by atoms with E-state index in [9.17, 15) is 0 Å².